The van der Waals surface area contributed by atoms with Crippen molar-refractivity contribution in [2.45, 2.75) is 51.3 Å². The van der Waals surface area contributed by atoms with E-state index in [0.717, 1.165) is 6.42 Å². The summed E-state index contributed by atoms with van der Waals surface area (Å²) < 4.78 is 5.60. The molecule has 1 saturated heterocycles. The molecule has 1 N–H and O–H groups in total. The zero-order valence-electron chi connectivity index (χ0n) is 12.8. The number of hydrogen-bond donors (Lipinski definition) is 1. The van der Waals surface area contributed by atoms with Crippen LogP contribution < -0.4 is 4.74 Å². The lowest BCUT2D eigenvalue weighted by Gasteiger charge is -2.29. The molecule has 1 aliphatic rings. The lowest BCUT2D eigenvalue weighted by atomic mass is 10.1. The minimum atomic E-state index is -0.491. The van der Waals surface area contributed by atoms with Crippen molar-refractivity contribution in [3.05, 3.63) is 29.8 Å². The van der Waals surface area contributed by atoms with E-state index >= 15 is 0 Å². The van der Waals surface area contributed by atoms with Gasteiger partial charge in [-0.25, -0.2) is 0 Å². The number of likely N-dealkylation sites (tertiary alicyclic amines) is 1. The van der Waals surface area contributed by atoms with Crippen LogP contribution in [-0.2, 0) is 0 Å². The van der Waals surface area contributed by atoms with Crippen LogP contribution in [0.1, 0.15) is 38.7 Å². The predicted molar refractivity (Wildman–Crippen MR) is 82.1 cm³/mol. The second kappa shape index (κ2) is 7.44. The fourth-order valence-corrected chi connectivity index (χ4v) is 3.01. The summed E-state index contributed by atoms with van der Waals surface area (Å²) in [5, 5.41) is 18.9. The number of rotatable bonds is 6. The molecule has 4 nitrogen and oxygen atoms in total. The number of hydrogen-bond acceptors (Lipinski definition) is 4. The average Bonchev–Trinajstić information content (AvgIpc) is 2.86. The molecule has 1 heterocycles. The van der Waals surface area contributed by atoms with Crippen molar-refractivity contribution in [2.75, 3.05) is 13.2 Å². The molecular weight excluding hydrogens is 264 g/mol. The Morgan fingerprint density at radius 1 is 1.38 bits per heavy atom. The highest BCUT2D eigenvalue weighted by Gasteiger charge is 2.30. The van der Waals surface area contributed by atoms with Crippen LogP contribution in [0.25, 0.3) is 0 Å². The lowest BCUT2D eigenvalue weighted by Crippen LogP contribution is -2.41. The second-order valence-electron chi connectivity index (χ2n) is 5.79. The van der Waals surface area contributed by atoms with E-state index in [0.29, 0.717) is 29.9 Å². The SMILES string of the molecule is CCC1CCC(C)N1CC(O)COc1ccc(C#N)cc1. The summed E-state index contributed by atoms with van der Waals surface area (Å²) in [5.41, 5.74) is 0.611. The molecular formula is C17H24N2O2. The Bertz CT molecular complexity index is 481. The topological polar surface area (TPSA) is 56.5 Å². The van der Waals surface area contributed by atoms with Crippen LogP contribution in [0, 0.1) is 11.3 Å². The molecule has 1 aliphatic heterocycles. The molecule has 0 aliphatic carbocycles. The summed E-state index contributed by atoms with van der Waals surface area (Å²) in [4.78, 5) is 2.40. The van der Waals surface area contributed by atoms with Crippen LogP contribution in [0.3, 0.4) is 0 Å². The zero-order chi connectivity index (χ0) is 15.2. The number of aliphatic hydroxyl groups is 1. The van der Waals surface area contributed by atoms with E-state index in [1.807, 2.05) is 0 Å². The van der Waals surface area contributed by atoms with Gasteiger partial charge in [-0.05, 0) is 50.5 Å². The van der Waals surface area contributed by atoms with E-state index in [9.17, 15) is 5.11 Å². The molecule has 3 unspecified atom stereocenters. The minimum absolute atomic E-state index is 0.283. The third-order valence-corrected chi connectivity index (χ3v) is 4.27. The molecule has 0 aromatic heterocycles. The van der Waals surface area contributed by atoms with Gasteiger partial charge in [0.25, 0.3) is 0 Å². The number of β-amino-alcohol motifs (C(OH)–C–C–N with tert-alkyl or cyclic N) is 1. The molecule has 0 saturated carbocycles. The van der Waals surface area contributed by atoms with Crippen molar-refractivity contribution in [3.8, 4) is 11.8 Å². The van der Waals surface area contributed by atoms with Crippen LogP contribution in [-0.4, -0.2) is 41.3 Å². The summed E-state index contributed by atoms with van der Waals surface area (Å²) in [6, 6.07) is 10.2. The summed E-state index contributed by atoms with van der Waals surface area (Å²) in [6.07, 6.45) is 3.08. The van der Waals surface area contributed by atoms with E-state index in [4.69, 9.17) is 10.00 Å². The molecule has 1 aromatic rings. The highest BCUT2D eigenvalue weighted by molar-refractivity contribution is 5.34. The van der Waals surface area contributed by atoms with Crippen LogP contribution in [0.15, 0.2) is 24.3 Å². The molecule has 0 spiro atoms. The predicted octanol–water partition coefficient (Wildman–Crippen LogP) is 2.56. The molecule has 0 radical (unpaired) electrons. The molecule has 0 amide bonds. The molecule has 114 valence electrons. The van der Waals surface area contributed by atoms with Gasteiger partial charge in [0.2, 0.25) is 0 Å². The number of aliphatic hydroxyl groups excluding tert-OH is 1. The Morgan fingerprint density at radius 2 is 2.10 bits per heavy atom. The molecule has 3 atom stereocenters. The van der Waals surface area contributed by atoms with Gasteiger partial charge >= 0.3 is 0 Å². The maximum atomic E-state index is 10.2. The monoisotopic (exact) mass is 288 g/mol. The van der Waals surface area contributed by atoms with Gasteiger partial charge in [0.05, 0.1) is 11.6 Å². The van der Waals surface area contributed by atoms with Crippen molar-refractivity contribution in [3.63, 3.8) is 0 Å². The van der Waals surface area contributed by atoms with Gasteiger partial charge in [0.15, 0.2) is 0 Å². The summed E-state index contributed by atoms with van der Waals surface area (Å²) in [6.45, 7) is 5.38. The highest BCUT2D eigenvalue weighted by atomic mass is 16.5. The summed E-state index contributed by atoms with van der Waals surface area (Å²) >= 11 is 0. The Labute approximate surface area is 127 Å². The third kappa shape index (κ3) is 4.20. The van der Waals surface area contributed by atoms with E-state index in [2.05, 4.69) is 24.8 Å². The first-order chi connectivity index (χ1) is 10.1. The first-order valence-corrected chi connectivity index (χ1v) is 7.70. The standard InChI is InChI=1S/C17H24N2O2/c1-3-15-7-4-13(2)19(15)11-16(20)12-21-17-8-5-14(10-18)6-9-17/h5-6,8-9,13,15-16,20H,3-4,7,11-12H2,1-2H3. The Balaban J connectivity index is 1.81. The molecule has 21 heavy (non-hydrogen) atoms. The van der Waals surface area contributed by atoms with Gasteiger partial charge in [0.1, 0.15) is 18.5 Å². The van der Waals surface area contributed by atoms with Crippen molar-refractivity contribution < 1.29 is 9.84 Å². The first-order valence-electron chi connectivity index (χ1n) is 7.70. The van der Waals surface area contributed by atoms with Crippen LogP contribution in [0.5, 0.6) is 5.75 Å². The van der Waals surface area contributed by atoms with Gasteiger partial charge < -0.3 is 9.84 Å². The minimum Gasteiger partial charge on any atom is -0.491 e. The summed E-state index contributed by atoms with van der Waals surface area (Å²) in [7, 11) is 0. The van der Waals surface area contributed by atoms with Crippen molar-refractivity contribution in [2.24, 2.45) is 0 Å². The second-order valence-corrected chi connectivity index (χ2v) is 5.79. The largest absolute Gasteiger partial charge is 0.491 e. The number of benzene rings is 1. The average molecular weight is 288 g/mol. The van der Waals surface area contributed by atoms with Crippen molar-refractivity contribution >= 4 is 0 Å². The van der Waals surface area contributed by atoms with Crippen LogP contribution in [0.2, 0.25) is 0 Å². The Hall–Kier alpha value is -1.57. The number of nitriles is 1. The first kappa shape index (κ1) is 15.8. The van der Waals surface area contributed by atoms with Gasteiger partial charge in [-0.2, -0.15) is 5.26 Å². The van der Waals surface area contributed by atoms with E-state index in [1.54, 1.807) is 24.3 Å². The van der Waals surface area contributed by atoms with Crippen LogP contribution in [0.4, 0.5) is 0 Å². The Morgan fingerprint density at radius 3 is 2.71 bits per heavy atom. The zero-order valence-corrected chi connectivity index (χ0v) is 12.8. The maximum absolute atomic E-state index is 10.2. The molecule has 1 aromatic carbocycles. The molecule has 2 rings (SSSR count). The van der Waals surface area contributed by atoms with E-state index in [-0.39, 0.29) is 6.61 Å². The third-order valence-electron chi connectivity index (χ3n) is 4.27. The van der Waals surface area contributed by atoms with Gasteiger partial charge in [-0.1, -0.05) is 6.92 Å². The Kier molecular flexibility index (Phi) is 5.60. The fourth-order valence-electron chi connectivity index (χ4n) is 3.01. The summed E-state index contributed by atoms with van der Waals surface area (Å²) in [5.74, 6) is 0.689. The fraction of sp³-hybridized carbons (Fsp3) is 0.588. The van der Waals surface area contributed by atoms with E-state index < -0.39 is 6.10 Å². The smallest absolute Gasteiger partial charge is 0.119 e. The number of ether oxygens (including phenoxy) is 1. The highest BCUT2D eigenvalue weighted by Crippen LogP contribution is 2.26. The normalized spacial score (nSPS) is 23.7. The number of nitrogens with zero attached hydrogens (tertiary/aromatic N) is 2. The molecule has 1 fully saturated rings. The van der Waals surface area contributed by atoms with Crippen molar-refractivity contribution in [1.29, 1.82) is 5.26 Å². The van der Waals surface area contributed by atoms with Gasteiger partial charge in [0, 0.05) is 18.6 Å². The van der Waals surface area contributed by atoms with Crippen molar-refractivity contribution in [1.82, 2.24) is 4.90 Å². The van der Waals surface area contributed by atoms with E-state index in [1.165, 1.54) is 12.8 Å². The molecule has 4 heteroatoms. The molecule has 0 bridgehead atoms. The lowest BCUT2D eigenvalue weighted by molar-refractivity contribution is 0.0514. The maximum Gasteiger partial charge on any atom is 0.119 e. The quantitative estimate of drug-likeness (QED) is 0.874. The van der Waals surface area contributed by atoms with Gasteiger partial charge in [-0.15, -0.1) is 0 Å². The van der Waals surface area contributed by atoms with Gasteiger partial charge in [-0.3, -0.25) is 4.90 Å². The van der Waals surface area contributed by atoms with Crippen LogP contribution >= 0.6 is 0 Å².